The van der Waals surface area contributed by atoms with Crippen molar-refractivity contribution < 1.29 is 14.3 Å². The summed E-state index contributed by atoms with van der Waals surface area (Å²) in [4.78, 5) is 27.4. The van der Waals surface area contributed by atoms with E-state index >= 15 is 0 Å². The molecule has 24 heavy (non-hydrogen) atoms. The van der Waals surface area contributed by atoms with E-state index in [2.05, 4.69) is 24.3 Å². The number of ether oxygens (including phenoxy) is 1. The second kappa shape index (κ2) is 7.71. The monoisotopic (exact) mass is 395 g/mol. The minimum absolute atomic E-state index is 0.145. The van der Waals surface area contributed by atoms with Gasteiger partial charge in [0.15, 0.2) is 0 Å². The van der Waals surface area contributed by atoms with E-state index in [1.807, 2.05) is 17.9 Å². The molecule has 2 saturated heterocycles. The number of hydrogen-bond donors (Lipinski definition) is 0. The third-order valence-electron chi connectivity index (χ3n) is 5.06. The summed E-state index contributed by atoms with van der Waals surface area (Å²) in [5.41, 5.74) is -0.693. The molecule has 0 aromatic heterocycles. The maximum absolute atomic E-state index is 12.8. The Labute approximate surface area is 150 Å². The molecule has 2 atom stereocenters. The van der Waals surface area contributed by atoms with Crippen LogP contribution in [0.5, 0.6) is 0 Å². The predicted molar refractivity (Wildman–Crippen MR) is 94.3 cm³/mol. The van der Waals surface area contributed by atoms with Crippen molar-refractivity contribution in [1.82, 2.24) is 4.90 Å². The summed E-state index contributed by atoms with van der Waals surface area (Å²) < 4.78 is 6.72. The molecule has 1 aromatic rings. The van der Waals surface area contributed by atoms with E-state index in [0.29, 0.717) is 28.0 Å². The molecular weight excluding hydrogens is 369 g/mol. The van der Waals surface area contributed by atoms with Crippen LogP contribution >= 0.6 is 0 Å². The Morgan fingerprint density at radius 2 is 2.08 bits per heavy atom. The first kappa shape index (κ1) is 17.5. The van der Waals surface area contributed by atoms with Crippen LogP contribution in [0.4, 0.5) is 0 Å². The van der Waals surface area contributed by atoms with E-state index in [1.54, 1.807) is 0 Å². The van der Waals surface area contributed by atoms with Gasteiger partial charge in [-0.3, -0.25) is 0 Å². The Kier molecular flexibility index (Phi) is 5.62. The summed E-state index contributed by atoms with van der Waals surface area (Å²) >= 11 is 0.323. The molecule has 2 heterocycles. The van der Waals surface area contributed by atoms with Gasteiger partial charge in [-0.1, -0.05) is 0 Å². The molecule has 2 aliphatic rings. The fraction of sp³-hybridized carbons (Fsp3) is 0.579. The van der Waals surface area contributed by atoms with E-state index < -0.39 is 5.54 Å². The Balaban J connectivity index is 1.79. The molecule has 130 valence electrons. The molecule has 3 rings (SSSR count). The van der Waals surface area contributed by atoms with Crippen LogP contribution in [0.3, 0.4) is 0 Å². The van der Waals surface area contributed by atoms with Gasteiger partial charge in [-0.05, 0) is 0 Å². The molecule has 0 N–H and O–H groups in total. The zero-order chi connectivity index (χ0) is 17.0. The van der Waals surface area contributed by atoms with Crippen LogP contribution in [0.2, 0.25) is 5.32 Å². The van der Waals surface area contributed by atoms with E-state index in [9.17, 15) is 9.59 Å². The molecule has 5 heteroatoms. The fourth-order valence-corrected chi connectivity index (χ4v) is 6.14. The van der Waals surface area contributed by atoms with Gasteiger partial charge in [-0.2, -0.15) is 0 Å². The molecule has 0 spiro atoms. The average molecular weight is 394 g/mol. The molecule has 2 aliphatic heterocycles. The van der Waals surface area contributed by atoms with Gasteiger partial charge < -0.3 is 0 Å². The van der Waals surface area contributed by atoms with Crippen molar-refractivity contribution in [1.29, 1.82) is 0 Å². The van der Waals surface area contributed by atoms with Crippen LogP contribution in [-0.2, 0) is 14.3 Å². The van der Waals surface area contributed by atoms with Crippen LogP contribution in [0, 0.1) is 0 Å². The second-order valence-electron chi connectivity index (χ2n) is 6.54. The summed E-state index contributed by atoms with van der Waals surface area (Å²) in [5, 5.41) is 0.976. The first-order valence-corrected chi connectivity index (χ1v) is 10.9. The molecule has 0 unspecified atom stereocenters. The SMILES string of the molecule is CCOC(=O)[C@@]12CCCCC(=O)N1[C@H](C[Se]c1ccccc1)CC2. The van der Waals surface area contributed by atoms with Gasteiger partial charge >= 0.3 is 150 Å². The molecule has 0 bridgehead atoms. The molecule has 0 radical (unpaired) electrons. The van der Waals surface area contributed by atoms with Crippen molar-refractivity contribution in [2.45, 2.75) is 62.3 Å². The van der Waals surface area contributed by atoms with Crippen molar-refractivity contribution >= 4 is 31.3 Å². The normalized spacial score (nSPS) is 26.8. The van der Waals surface area contributed by atoms with Gasteiger partial charge in [0.1, 0.15) is 0 Å². The van der Waals surface area contributed by atoms with Gasteiger partial charge in [-0.15, -0.1) is 0 Å². The number of carbonyl (C=O) groups is 2. The number of nitrogens with zero attached hydrogens (tertiary/aromatic N) is 1. The Morgan fingerprint density at radius 3 is 2.83 bits per heavy atom. The van der Waals surface area contributed by atoms with Crippen LogP contribution < -0.4 is 4.46 Å². The van der Waals surface area contributed by atoms with E-state index in [0.717, 1.165) is 37.4 Å². The zero-order valence-corrected chi connectivity index (χ0v) is 15.9. The molecule has 0 saturated carbocycles. The Hall–Kier alpha value is -1.32. The van der Waals surface area contributed by atoms with Crippen molar-refractivity contribution in [2.75, 3.05) is 6.61 Å². The number of fused-ring (bicyclic) bond motifs is 1. The summed E-state index contributed by atoms with van der Waals surface area (Å²) in [6.07, 6.45) is 4.80. The van der Waals surface area contributed by atoms with Crippen molar-refractivity contribution in [2.24, 2.45) is 0 Å². The summed E-state index contributed by atoms with van der Waals surface area (Å²) in [6.45, 7) is 2.21. The zero-order valence-electron chi connectivity index (χ0n) is 14.2. The number of benzene rings is 1. The van der Waals surface area contributed by atoms with Gasteiger partial charge in [-0.25, -0.2) is 0 Å². The Morgan fingerprint density at radius 1 is 1.29 bits per heavy atom. The number of esters is 1. The van der Waals surface area contributed by atoms with Gasteiger partial charge in [0.2, 0.25) is 0 Å². The number of rotatable bonds is 5. The maximum atomic E-state index is 12.8. The van der Waals surface area contributed by atoms with E-state index in [4.69, 9.17) is 4.74 Å². The first-order chi connectivity index (χ1) is 11.7. The topological polar surface area (TPSA) is 46.6 Å². The minimum atomic E-state index is -0.693. The number of hydrogen-bond acceptors (Lipinski definition) is 3. The molecule has 0 aliphatic carbocycles. The molecule has 1 amide bonds. The number of carbonyl (C=O) groups excluding carboxylic acids is 2. The van der Waals surface area contributed by atoms with Crippen LogP contribution in [0.25, 0.3) is 0 Å². The van der Waals surface area contributed by atoms with Gasteiger partial charge in [0, 0.05) is 0 Å². The van der Waals surface area contributed by atoms with Gasteiger partial charge in [0.25, 0.3) is 0 Å². The first-order valence-electron chi connectivity index (χ1n) is 8.84. The fourth-order valence-electron chi connectivity index (χ4n) is 3.94. The predicted octanol–water partition coefficient (Wildman–Crippen LogP) is 2.30. The number of amides is 1. The van der Waals surface area contributed by atoms with E-state index in [-0.39, 0.29) is 17.9 Å². The molecule has 1 aromatic carbocycles. The van der Waals surface area contributed by atoms with E-state index in [1.165, 1.54) is 4.46 Å². The molecular formula is C19H25NO3Se. The van der Waals surface area contributed by atoms with Crippen molar-refractivity contribution in [3.63, 3.8) is 0 Å². The van der Waals surface area contributed by atoms with Crippen molar-refractivity contribution in [3.05, 3.63) is 30.3 Å². The standard InChI is InChI=1S/C19H25NO3Se/c1-2-23-18(22)19-12-7-6-10-17(21)20(19)15(11-13-19)14-24-16-8-4-3-5-9-16/h3-5,8-9,15H,2,6-7,10-14H2,1H3/t15-,19-/m0/s1. The van der Waals surface area contributed by atoms with Crippen LogP contribution in [0.15, 0.2) is 30.3 Å². The Bertz CT molecular complexity index is 592. The summed E-state index contributed by atoms with van der Waals surface area (Å²) in [6, 6.07) is 10.6. The third-order valence-corrected chi connectivity index (χ3v) is 7.49. The van der Waals surface area contributed by atoms with Crippen LogP contribution in [-0.4, -0.2) is 49.9 Å². The third kappa shape index (κ3) is 3.38. The second-order valence-corrected chi connectivity index (χ2v) is 8.83. The molecule has 2 fully saturated rings. The quantitative estimate of drug-likeness (QED) is 0.569. The van der Waals surface area contributed by atoms with Gasteiger partial charge in [0.05, 0.1) is 0 Å². The van der Waals surface area contributed by atoms with Crippen molar-refractivity contribution in [3.8, 4) is 0 Å². The molecule has 4 nitrogen and oxygen atoms in total. The summed E-state index contributed by atoms with van der Waals surface area (Å²) in [7, 11) is 0. The van der Waals surface area contributed by atoms with Crippen LogP contribution in [0.1, 0.15) is 45.4 Å². The summed E-state index contributed by atoms with van der Waals surface area (Å²) in [5.74, 6) is -0.0399. The average Bonchev–Trinajstić information content (AvgIpc) is 2.89.